The normalized spacial score (nSPS) is 14.4. The van der Waals surface area contributed by atoms with Crippen LogP contribution in [0.5, 0.6) is 0 Å². The largest absolute Gasteiger partial charge is 0.411 e. The Morgan fingerprint density at radius 1 is 1.18 bits per heavy atom. The van der Waals surface area contributed by atoms with Gasteiger partial charge in [0, 0.05) is 44.3 Å². The Morgan fingerprint density at radius 3 is 2.69 bits per heavy atom. The molecule has 1 amide bonds. The number of hydrazone groups is 1. The topological polar surface area (TPSA) is 109 Å². The molecule has 1 aliphatic rings. The van der Waals surface area contributed by atoms with Gasteiger partial charge in [0.05, 0.1) is 23.2 Å². The van der Waals surface area contributed by atoms with E-state index in [0.717, 1.165) is 30.4 Å². The summed E-state index contributed by atoms with van der Waals surface area (Å²) in [5.41, 5.74) is 4.21. The molecule has 0 aliphatic carbocycles. The first-order valence-electron chi connectivity index (χ1n) is 12.6. The van der Waals surface area contributed by atoms with Crippen LogP contribution in [0.1, 0.15) is 12.5 Å². The summed E-state index contributed by atoms with van der Waals surface area (Å²) in [7, 11) is 2.04. The van der Waals surface area contributed by atoms with Crippen LogP contribution in [0.4, 0.5) is 10.1 Å². The molecule has 39 heavy (non-hydrogen) atoms. The van der Waals surface area contributed by atoms with Crippen LogP contribution in [0.3, 0.4) is 0 Å². The first-order valence-corrected chi connectivity index (χ1v) is 13.6. The molecule has 2 aromatic heterocycles. The minimum atomic E-state index is -0.438. The molecule has 4 aromatic rings. The number of hydrogen-bond acceptors (Lipinski definition) is 9. The van der Waals surface area contributed by atoms with Crippen molar-refractivity contribution < 1.29 is 13.6 Å². The lowest BCUT2D eigenvalue weighted by atomic mass is 10.1. The van der Waals surface area contributed by atoms with Crippen molar-refractivity contribution in [1.82, 2.24) is 25.1 Å². The number of pyridine rings is 1. The average molecular weight is 550 g/mol. The number of aromatic nitrogens is 3. The van der Waals surface area contributed by atoms with E-state index in [9.17, 15) is 9.59 Å². The van der Waals surface area contributed by atoms with Gasteiger partial charge in [-0.2, -0.15) is 5.10 Å². The van der Waals surface area contributed by atoms with E-state index in [1.165, 1.54) is 6.07 Å². The first kappa shape index (κ1) is 26.6. The van der Waals surface area contributed by atoms with E-state index in [1.54, 1.807) is 18.5 Å². The molecule has 0 radical (unpaired) electrons. The second-order valence-electron chi connectivity index (χ2n) is 9.13. The number of carbonyl (C=O) groups excluding carboxylic acids is 1. The van der Waals surface area contributed by atoms with Crippen molar-refractivity contribution in [3.8, 4) is 11.5 Å². The van der Waals surface area contributed by atoms with Crippen molar-refractivity contribution in [2.75, 3.05) is 43.9 Å². The van der Waals surface area contributed by atoms with E-state index in [4.69, 9.17) is 4.42 Å². The number of amides is 1. The van der Waals surface area contributed by atoms with Gasteiger partial charge in [0.25, 0.3) is 17.0 Å². The second kappa shape index (κ2) is 11.8. The van der Waals surface area contributed by atoms with Gasteiger partial charge >= 0.3 is 0 Å². The van der Waals surface area contributed by atoms with Gasteiger partial charge in [0.2, 0.25) is 5.43 Å². The standard InChI is InChI=1S/C27H28FN7O3S/c1-3-34-16-20(25(37)19-13-21(28)23(14-22(19)34)35-11-9-33(2)10-12-35)26-31-32-27(38-26)39-17-24(36)30-29-15-18-7-5-4-6-8-18/h4-8,13-16H,3,9-12,17H2,1-2H3,(H,30,36)/b29-15+. The number of nitrogens with one attached hydrogen (secondary N) is 1. The van der Waals surface area contributed by atoms with Gasteiger partial charge in [-0.3, -0.25) is 9.59 Å². The summed E-state index contributed by atoms with van der Waals surface area (Å²) in [4.78, 5) is 29.7. The van der Waals surface area contributed by atoms with E-state index < -0.39 is 11.2 Å². The van der Waals surface area contributed by atoms with Crippen LogP contribution in [0.25, 0.3) is 22.4 Å². The SMILES string of the molecule is CCn1cc(-c2nnc(SCC(=O)N/N=C/c3ccccc3)o2)c(=O)c2cc(F)c(N3CCN(C)CC3)cc21. The number of carbonyl (C=O) groups is 1. The fraction of sp³-hybridized carbons (Fsp3) is 0.296. The maximum atomic E-state index is 15.2. The summed E-state index contributed by atoms with van der Waals surface area (Å²) in [5, 5.41) is 12.3. The quantitative estimate of drug-likeness (QED) is 0.203. The maximum absolute atomic E-state index is 15.2. The molecule has 10 nitrogen and oxygen atoms in total. The summed E-state index contributed by atoms with van der Waals surface area (Å²) < 4.78 is 22.8. The van der Waals surface area contributed by atoms with Gasteiger partial charge < -0.3 is 18.8 Å². The summed E-state index contributed by atoms with van der Waals surface area (Å²) >= 11 is 1.03. The molecule has 0 spiro atoms. The number of fused-ring (bicyclic) bond motifs is 1. The zero-order valence-electron chi connectivity index (χ0n) is 21.6. The molecule has 5 rings (SSSR count). The lowest BCUT2D eigenvalue weighted by Gasteiger charge is -2.34. The highest BCUT2D eigenvalue weighted by Crippen LogP contribution is 2.28. The number of nitrogens with zero attached hydrogens (tertiary/aromatic N) is 6. The molecule has 1 N–H and O–H groups in total. The van der Waals surface area contributed by atoms with Crippen molar-refractivity contribution in [2.24, 2.45) is 5.10 Å². The number of anilines is 1. The Labute approximate surface area is 228 Å². The predicted molar refractivity (Wildman–Crippen MR) is 150 cm³/mol. The molecular weight excluding hydrogens is 521 g/mol. The van der Waals surface area contributed by atoms with Crippen LogP contribution in [-0.2, 0) is 11.3 Å². The van der Waals surface area contributed by atoms with Crippen molar-refractivity contribution in [3.63, 3.8) is 0 Å². The highest BCUT2D eigenvalue weighted by Gasteiger charge is 2.22. The average Bonchev–Trinajstić information content (AvgIpc) is 3.42. The van der Waals surface area contributed by atoms with E-state index in [2.05, 4.69) is 25.6 Å². The summed E-state index contributed by atoms with van der Waals surface area (Å²) in [6.07, 6.45) is 3.20. The van der Waals surface area contributed by atoms with Gasteiger partial charge in [0.15, 0.2) is 0 Å². The van der Waals surface area contributed by atoms with Gasteiger partial charge in [0.1, 0.15) is 11.4 Å². The minimum Gasteiger partial charge on any atom is -0.411 e. The number of halogens is 1. The Hall–Kier alpha value is -4.03. The maximum Gasteiger partial charge on any atom is 0.277 e. The van der Waals surface area contributed by atoms with Gasteiger partial charge in [-0.05, 0) is 31.7 Å². The van der Waals surface area contributed by atoms with Crippen molar-refractivity contribution in [1.29, 1.82) is 0 Å². The smallest absolute Gasteiger partial charge is 0.277 e. The Kier molecular flexibility index (Phi) is 8.03. The van der Waals surface area contributed by atoms with Gasteiger partial charge in [-0.1, -0.05) is 42.1 Å². The molecule has 2 aromatic carbocycles. The molecule has 12 heteroatoms. The van der Waals surface area contributed by atoms with Crippen LogP contribution in [0.15, 0.2) is 68.2 Å². The highest BCUT2D eigenvalue weighted by molar-refractivity contribution is 7.99. The summed E-state index contributed by atoms with van der Waals surface area (Å²) in [6, 6.07) is 12.4. The number of hydrogen-bond donors (Lipinski definition) is 1. The van der Waals surface area contributed by atoms with Crippen LogP contribution >= 0.6 is 11.8 Å². The molecule has 0 saturated carbocycles. The summed E-state index contributed by atoms with van der Waals surface area (Å²) in [6.45, 7) is 5.62. The highest BCUT2D eigenvalue weighted by atomic mass is 32.2. The lowest BCUT2D eigenvalue weighted by Crippen LogP contribution is -2.44. The molecule has 1 aliphatic heterocycles. The first-order chi connectivity index (χ1) is 18.9. The van der Waals surface area contributed by atoms with Crippen molar-refractivity contribution in [2.45, 2.75) is 18.7 Å². The van der Waals surface area contributed by atoms with Gasteiger partial charge in [-0.25, -0.2) is 9.82 Å². The minimum absolute atomic E-state index is 0.00897. The Morgan fingerprint density at radius 2 is 1.95 bits per heavy atom. The van der Waals surface area contributed by atoms with Crippen molar-refractivity contribution >= 4 is 40.5 Å². The molecule has 0 unspecified atom stereocenters. The zero-order chi connectivity index (χ0) is 27.4. The number of benzene rings is 2. The van der Waals surface area contributed by atoms with Gasteiger partial charge in [-0.15, -0.1) is 10.2 Å². The second-order valence-corrected chi connectivity index (χ2v) is 10.1. The Bertz CT molecular complexity index is 1560. The van der Waals surface area contributed by atoms with E-state index >= 15 is 4.39 Å². The molecule has 0 atom stereocenters. The predicted octanol–water partition coefficient (Wildman–Crippen LogP) is 3.20. The third-order valence-corrected chi connectivity index (χ3v) is 7.32. The van der Waals surface area contributed by atoms with Crippen LogP contribution in [0, 0.1) is 5.82 Å². The molecule has 1 saturated heterocycles. The number of aryl methyl sites for hydroxylation is 1. The third kappa shape index (κ3) is 6.02. The zero-order valence-corrected chi connectivity index (χ0v) is 22.4. The van der Waals surface area contributed by atoms with Crippen LogP contribution in [0.2, 0.25) is 0 Å². The number of thioether (sulfide) groups is 1. The fourth-order valence-corrected chi connectivity index (χ4v) is 4.91. The van der Waals surface area contributed by atoms with Crippen LogP contribution < -0.4 is 15.8 Å². The summed E-state index contributed by atoms with van der Waals surface area (Å²) in [5.74, 6) is -0.785. The van der Waals surface area contributed by atoms with E-state index in [1.807, 2.05) is 53.8 Å². The Balaban J connectivity index is 1.32. The van der Waals surface area contributed by atoms with E-state index in [0.29, 0.717) is 30.8 Å². The molecule has 1 fully saturated rings. The lowest BCUT2D eigenvalue weighted by molar-refractivity contribution is -0.118. The number of rotatable bonds is 8. The number of piperazine rings is 1. The monoisotopic (exact) mass is 549 g/mol. The van der Waals surface area contributed by atoms with Crippen LogP contribution in [-0.4, -0.2) is 70.8 Å². The van der Waals surface area contributed by atoms with E-state index in [-0.39, 0.29) is 33.7 Å². The van der Waals surface area contributed by atoms with Crippen molar-refractivity contribution in [3.05, 3.63) is 70.3 Å². The molecule has 3 heterocycles. The number of likely N-dealkylation sites (N-methyl/N-ethyl adjacent to an activating group) is 1. The third-order valence-electron chi connectivity index (χ3n) is 6.50. The molecule has 0 bridgehead atoms. The molecular formula is C27H28FN7O3S. The molecule has 202 valence electrons. The fourth-order valence-electron chi connectivity index (χ4n) is 4.36.